The van der Waals surface area contributed by atoms with Crippen molar-refractivity contribution < 1.29 is 18.7 Å². The molecule has 3 aromatic rings. The van der Waals surface area contributed by atoms with Crippen molar-refractivity contribution in [1.82, 2.24) is 9.55 Å². The quantitative estimate of drug-likeness (QED) is 0.710. The first-order valence-electron chi connectivity index (χ1n) is 8.66. The highest BCUT2D eigenvalue weighted by atomic mass is 19.1. The number of nitrogens with one attached hydrogen (secondary N) is 1. The zero-order chi connectivity index (χ0) is 19.7. The highest BCUT2D eigenvalue weighted by molar-refractivity contribution is 5.94. The van der Waals surface area contributed by atoms with Crippen LogP contribution in [0, 0.1) is 5.82 Å². The van der Waals surface area contributed by atoms with E-state index < -0.39 is 11.7 Å². The summed E-state index contributed by atoms with van der Waals surface area (Å²) in [6, 6.07) is 13.3. The SMILES string of the molecule is NC(=O)COc1ccc([C@@H]2CC(=O)Nc3c2ncn3-c2ccccc2F)cc1. The van der Waals surface area contributed by atoms with Crippen molar-refractivity contribution in [2.75, 3.05) is 11.9 Å². The van der Waals surface area contributed by atoms with Crippen molar-refractivity contribution in [3.05, 3.63) is 71.9 Å². The molecule has 142 valence electrons. The Kier molecular flexibility index (Phi) is 4.52. The van der Waals surface area contributed by atoms with E-state index in [0.29, 0.717) is 22.9 Å². The first-order valence-corrected chi connectivity index (χ1v) is 8.66. The predicted octanol–water partition coefficient (Wildman–Crippen LogP) is 2.35. The molecule has 0 spiro atoms. The van der Waals surface area contributed by atoms with Gasteiger partial charge in [-0.2, -0.15) is 0 Å². The van der Waals surface area contributed by atoms with Crippen LogP contribution in [0.1, 0.15) is 23.6 Å². The molecule has 28 heavy (non-hydrogen) atoms. The summed E-state index contributed by atoms with van der Waals surface area (Å²) in [6.07, 6.45) is 1.73. The van der Waals surface area contributed by atoms with Gasteiger partial charge < -0.3 is 15.8 Å². The molecule has 1 atom stereocenters. The van der Waals surface area contributed by atoms with Crippen LogP contribution in [0.5, 0.6) is 5.75 Å². The fraction of sp³-hybridized carbons (Fsp3) is 0.150. The van der Waals surface area contributed by atoms with Gasteiger partial charge in [-0.15, -0.1) is 0 Å². The first-order chi connectivity index (χ1) is 13.5. The summed E-state index contributed by atoms with van der Waals surface area (Å²) in [7, 11) is 0. The fourth-order valence-corrected chi connectivity index (χ4v) is 3.26. The molecule has 1 aliphatic heterocycles. The molecular weight excluding hydrogens is 363 g/mol. The number of nitrogens with zero attached hydrogens (tertiary/aromatic N) is 2. The molecule has 8 heteroatoms. The molecule has 0 saturated heterocycles. The standard InChI is InChI=1S/C20H17FN4O3/c21-15-3-1-2-4-16(15)25-11-23-19-14(9-18(27)24-20(19)25)12-5-7-13(8-6-12)28-10-17(22)26/h1-8,11,14H,9-10H2,(H2,22,26)(H,24,27)/t14-/m0/s1. The van der Waals surface area contributed by atoms with Crippen LogP contribution in [0.2, 0.25) is 0 Å². The van der Waals surface area contributed by atoms with E-state index in [4.69, 9.17) is 10.5 Å². The molecule has 7 nitrogen and oxygen atoms in total. The smallest absolute Gasteiger partial charge is 0.255 e. The van der Waals surface area contributed by atoms with Crippen molar-refractivity contribution in [1.29, 1.82) is 0 Å². The number of nitrogens with two attached hydrogens (primary N) is 1. The lowest BCUT2D eigenvalue weighted by Gasteiger charge is -2.23. The normalized spacial score (nSPS) is 15.6. The van der Waals surface area contributed by atoms with Crippen LogP contribution in [0.15, 0.2) is 54.9 Å². The monoisotopic (exact) mass is 380 g/mol. The Hall–Kier alpha value is -3.68. The number of fused-ring (bicyclic) bond motifs is 1. The number of carbonyl (C=O) groups is 2. The summed E-state index contributed by atoms with van der Waals surface area (Å²) >= 11 is 0. The van der Waals surface area contributed by atoms with Crippen molar-refractivity contribution in [3.8, 4) is 11.4 Å². The molecule has 0 radical (unpaired) electrons. The van der Waals surface area contributed by atoms with Crippen molar-refractivity contribution >= 4 is 17.6 Å². The van der Waals surface area contributed by atoms with Gasteiger partial charge in [0.1, 0.15) is 23.7 Å². The lowest BCUT2D eigenvalue weighted by Crippen LogP contribution is -2.25. The number of ether oxygens (including phenoxy) is 1. The fourth-order valence-electron chi connectivity index (χ4n) is 3.26. The number of rotatable bonds is 5. The number of benzene rings is 2. The average Bonchev–Trinajstić information content (AvgIpc) is 3.10. The molecule has 2 aromatic carbocycles. The molecule has 0 unspecified atom stereocenters. The zero-order valence-electron chi connectivity index (χ0n) is 14.8. The lowest BCUT2D eigenvalue weighted by molar-refractivity contribution is -0.120. The highest BCUT2D eigenvalue weighted by Crippen LogP contribution is 2.38. The second-order valence-corrected chi connectivity index (χ2v) is 6.43. The second-order valence-electron chi connectivity index (χ2n) is 6.43. The summed E-state index contributed by atoms with van der Waals surface area (Å²) in [5.74, 6) is -0.460. The lowest BCUT2D eigenvalue weighted by atomic mass is 9.90. The van der Waals surface area contributed by atoms with Crippen molar-refractivity contribution in [3.63, 3.8) is 0 Å². The van der Waals surface area contributed by atoms with Crippen LogP contribution < -0.4 is 15.8 Å². The van der Waals surface area contributed by atoms with E-state index in [9.17, 15) is 14.0 Å². The number of imidazole rings is 1. The highest BCUT2D eigenvalue weighted by Gasteiger charge is 2.31. The summed E-state index contributed by atoms with van der Waals surface area (Å²) in [4.78, 5) is 27.6. The third-order valence-electron chi connectivity index (χ3n) is 4.55. The number of amides is 2. The molecule has 2 amide bonds. The molecule has 4 rings (SSSR count). The molecule has 1 aromatic heterocycles. The number of halogens is 1. The number of hydrogen-bond donors (Lipinski definition) is 2. The van der Waals surface area contributed by atoms with Gasteiger partial charge in [-0.3, -0.25) is 14.2 Å². The average molecular weight is 380 g/mol. The largest absolute Gasteiger partial charge is 0.484 e. The number of anilines is 1. The molecule has 0 aliphatic carbocycles. The van der Waals surface area contributed by atoms with E-state index in [1.807, 2.05) is 12.1 Å². The van der Waals surface area contributed by atoms with Crippen LogP contribution in [0.25, 0.3) is 5.69 Å². The predicted molar refractivity (Wildman–Crippen MR) is 99.7 cm³/mol. The van der Waals surface area contributed by atoms with Crippen molar-refractivity contribution in [2.24, 2.45) is 5.73 Å². The van der Waals surface area contributed by atoms with Crippen LogP contribution >= 0.6 is 0 Å². The molecule has 0 bridgehead atoms. The van der Waals surface area contributed by atoms with Gasteiger partial charge in [0.05, 0.1) is 11.4 Å². The Labute approximate surface area is 159 Å². The van der Waals surface area contributed by atoms with Crippen LogP contribution in [0.3, 0.4) is 0 Å². The third kappa shape index (κ3) is 3.32. The number of primary amides is 1. The zero-order valence-corrected chi connectivity index (χ0v) is 14.8. The van der Waals surface area contributed by atoms with Crippen LogP contribution in [-0.2, 0) is 9.59 Å². The van der Waals surface area contributed by atoms with Gasteiger partial charge in [0.25, 0.3) is 5.91 Å². The summed E-state index contributed by atoms with van der Waals surface area (Å²) < 4.78 is 21.0. The summed E-state index contributed by atoms with van der Waals surface area (Å²) in [5.41, 5.74) is 6.91. The van der Waals surface area contributed by atoms with Gasteiger partial charge in [0.2, 0.25) is 5.91 Å². The van der Waals surface area contributed by atoms with Gasteiger partial charge >= 0.3 is 0 Å². The minimum Gasteiger partial charge on any atom is -0.484 e. The maximum atomic E-state index is 14.2. The van der Waals surface area contributed by atoms with Gasteiger partial charge in [0.15, 0.2) is 6.61 Å². The minimum atomic E-state index is -0.559. The molecule has 1 aliphatic rings. The van der Waals surface area contributed by atoms with E-state index in [2.05, 4.69) is 10.3 Å². The number of para-hydroxylation sites is 1. The van der Waals surface area contributed by atoms with E-state index in [-0.39, 0.29) is 24.9 Å². The van der Waals surface area contributed by atoms with E-state index in [0.717, 1.165) is 5.56 Å². The minimum absolute atomic E-state index is 0.176. The Morgan fingerprint density at radius 2 is 2.00 bits per heavy atom. The Balaban J connectivity index is 1.67. The van der Waals surface area contributed by atoms with E-state index in [1.165, 1.54) is 12.4 Å². The molecule has 0 saturated carbocycles. The number of aromatic nitrogens is 2. The molecule has 2 heterocycles. The Morgan fingerprint density at radius 3 is 2.71 bits per heavy atom. The third-order valence-corrected chi connectivity index (χ3v) is 4.55. The topological polar surface area (TPSA) is 99.2 Å². The maximum Gasteiger partial charge on any atom is 0.255 e. The molecule has 0 fully saturated rings. The first kappa shape index (κ1) is 17.7. The molecule has 3 N–H and O–H groups in total. The Morgan fingerprint density at radius 1 is 1.25 bits per heavy atom. The number of carbonyl (C=O) groups excluding carboxylic acids is 2. The van der Waals surface area contributed by atoms with Gasteiger partial charge in [-0.05, 0) is 29.8 Å². The van der Waals surface area contributed by atoms with Gasteiger partial charge in [-0.25, -0.2) is 9.37 Å². The second kappa shape index (κ2) is 7.15. The van der Waals surface area contributed by atoms with Gasteiger partial charge in [-0.1, -0.05) is 24.3 Å². The summed E-state index contributed by atoms with van der Waals surface area (Å²) in [5, 5.41) is 2.80. The summed E-state index contributed by atoms with van der Waals surface area (Å²) in [6.45, 7) is -0.206. The van der Waals surface area contributed by atoms with Crippen molar-refractivity contribution in [2.45, 2.75) is 12.3 Å². The van der Waals surface area contributed by atoms with Crippen LogP contribution in [0.4, 0.5) is 10.2 Å². The van der Waals surface area contributed by atoms with E-state index in [1.54, 1.807) is 34.9 Å². The van der Waals surface area contributed by atoms with Crippen LogP contribution in [-0.4, -0.2) is 28.0 Å². The molecular formula is C20H17FN4O3. The van der Waals surface area contributed by atoms with E-state index >= 15 is 0 Å². The maximum absolute atomic E-state index is 14.2. The number of hydrogen-bond acceptors (Lipinski definition) is 4. The Bertz CT molecular complexity index is 1050. The van der Waals surface area contributed by atoms with Gasteiger partial charge in [0, 0.05) is 12.3 Å².